The van der Waals surface area contributed by atoms with Crippen LogP contribution >= 0.6 is 17.0 Å². The van der Waals surface area contributed by atoms with Gasteiger partial charge in [-0.1, -0.05) is 244 Å². The zero-order valence-corrected chi connectivity index (χ0v) is 43.3. The van der Waals surface area contributed by atoms with Gasteiger partial charge in [-0.05, 0) is 57.3 Å². The van der Waals surface area contributed by atoms with Crippen LogP contribution in [0.2, 0.25) is 13.1 Å². The molecule has 0 saturated carbocycles. The summed E-state index contributed by atoms with van der Waals surface area (Å²) >= 11 is -0.826. The van der Waals surface area contributed by atoms with Gasteiger partial charge in [0.15, 0.2) is 0 Å². The zero-order chi connectivity index (χ0) is 46.1. The molecule has 0 fully saturated rings. The molecule has 0 bridgehead atoms. The monoisotopic (exact) mass is 988 g/mol. The quantitative estimate of drug-likeness (QED) is 0.0946. The molecular formula is C62H56Cl2SiZr. The fourth-order valence-electron chi connectivity index (χ4n) is 8.98. The van der Waals surface area contributed by atoms with E-state index in [2.05, 4.69) is 245 Å². The van der Waals surface area contributed by atoms with Gasteiger partial charge in [-0.15, -0.1) is 69.1 Å². The number of fused-ring (bicyclic) bond motifs is 2. The molecule has 0 amide bonds. The molecule has 0 unspecified atom stereocenters. The Hall–Kier alpha value is -5.34. The van der Waals surface area contributed by atoms with Crippen LogP contribution < -0.4 is 0 Å². The topological polar surface area (TPSA) is 0 Å². The molecule has 0 aromatic heterocycles. The Morgan fingerprint density at radius 3 is 1.00 bits per heavy atom. The second-order valence-corrected chi connectivity index (χ2v) is 21.1. The second kappa shape index (κ2) is 25.0. The first-order valence-electron chi connectivity index (χ1n) is 22.9. The Morgan fingerprint density at radius 2 is 0.682 bits per heavy atom. The van der Waals surface area contributed by atoms with E-state index < -0.39 is 20.8 Å². The Morgan fingerprint density at radius 1 is 0.394 bits per heavy atom. The minimum atomic E-state index is -0.826. The summed E-state index contributed by atoms with van der Waals surface area (Å²) in [5, 5.41) is 5.32. The van der Waals surface area contributed by atoms with Crippen LogP contribution in [0.5, 0.6) is 0 Å². The van der Waals surface area contributed by atoms with Gasteiger partial charge in [-0.2, -0.15) is 0 Å². The summed E-state index contributed by atoms with van der Waals surface area (Å²) in [6.07, 6.45) is 4.44. The van der Waals surface area contributed by atoms with Crippen molar-refractivity contribution in [2.45, 2.75) is 52.6 Å². The van der Waals surface area contributed by atoms with Crippen LogP contribution in [0.1, 0.15) is 37.8 Å². The molecule has 4 heteroatoms. The second-order valence-electron chi connectivity index (χ2n) is 16.3. The van der Waals surface area contributed by atoms with Crippen LogP contribution in [-0.4, -0.2) is 9.52 Å². The predicted octanol–water partition coefficient (Wildman–Crippen LogP) is 19.2. The van der Waals surface area contributed by atoms with Crippen molar-refractivity contribution in [3.8, 4) is 66.8 Å². The Bertz CT molecular complexity index is 2820. The first-order valence-corrected chi connectivity index (χ1v) is 31.3. The van der Waals surface area contributed by atoms with Gasteiger partial charge in [0.25, 0.3) is 0 Å². The van der Waals surface area contributed by atoms with Crippen molar-refractivity contribution in [1.82, 2.24) is 0 Å². The van der Waals surface area contributed by atoms with Gasteiger partial charge in [-0.3, -0.25) is 0 Å². The first kappa shape index (κ1) is 48.6. The SMILES string of the molecule is CCCc1ccc2[cH-]c(-c3ccccc3)cc2c1-c1ccccc1-c1ccccc1.CCCc1ccc2[cH-]c(-c3ccccc3)cc2c1-c1ccccc1-c1ccccc1.C[Si]C.[Cl][Zr+2][Cl]. The van der Waals surface area contributed by atoms with Crippen molar-refractivity contribution in [1.29, 1.82) is 0 Å². The fraction of sp³-hybridized carbons (Fsp3) is 0.129. The minimum absolute atomic E-state index is 0.826. The Balaban J connectivity index is 0.000000176. The molecule has 0 aliphatic carbocycles. The van der Waals surface area contributed by atoms with Crippen molar-refractivity contribution >= 4 is 48.1 Å². The van der Waals surface area contributed by atoms with Crippen molar-refractivity contribution in [3.63, 3.8) is 0 Å². The molecule has 0 aliphatic heterocycles. The van der Waals surface area contributed by atoms with Crippen LogP contribution in [0, 0.1) is 0 Å². The number of hydrogen-bond acceptors (Lipinski definition) is 0. The van der Waals surface area contributed by atoms with Crippen LogP contribution in [0.3, 0.4) is 0 Å². The molecule has 10 aromatic rings. The Kier molecular flexibility index (Phi) is 18.4. The number of aryl methyl sites for hydroxylation is 2. The molecule has 326 valence electrons. The summed E-state index contributed by atoms with van der Waals surface area (Å²) < 4.78 is 0. The van der Waals surface area contributed by atoms with E-state index in [-0.39, 0.29) is 0 Å². The number of benzene rings is 8. The molecule has 0 saturated heterocycles. The molecule has 0 aliphatic rings. The van der Waals surface area contributed by atoms with Crippen molar-refractivity contribution < 1.29 is 20.8 Å². The molecule has 10 aromatic carbocycles. The third-order valence-electron chi connectivity index (χ3n) is 11.8. The third-order valence-corrected chi connectivity index (χ3v) is 11.8. The number of halogens is 2. The summed E-state index contributed by atoms with van der Waals surface area (Å²) in [6.45, 7) is 8.83. The molecular weight excluding hydrogens is 935 g/mol. The van der Waals surface area contributed by atoms with E-state index in [1.54, 1.807) is 0 Å². The average molecular weight is 991 g/mol. The summed E-state index contributed by atoms with van der Waals surface area (Å²) in [5.74, 6) is 0. The normalized spacial score (nSPS) is 10.5. The third kappa shape index (κ3) is 11.8. The van der Waals surface area contributed by atoms with E-state index in [1.807, 2.05) is 0 Å². The summed E-state index contributed by atoms with van der Waals surface area (Å²) in [7, 11) is 11.0. The van der Waals surface area contributed by atoms with Gasteiger partial charge < -0.3 is 0 Å². The Labute approximate surface area is 414 Å². The summed E-state index contributed by atoms with van der Waals surface area (Å²) in [4.78, 5) is 0. The van der Waals surface area contributed by atoms with Crippen molar-refractivity contribution in [2.75, 3.05) is 0 Å². The van der Waals surface area contributed by atoms with Gasteiger partial charge in [0.05, 0.1) is 0 Å². The van der Waals surface area contributed by atoms with E-state index in [1.165, 1.54) is 99.4 Å². The molecule has 2 radical (unpaired) electrons. The van der Waals surface area contributed by atoms with Gasteiger partial charge in [0.1, 0.15) is 0 Å². The van der Waals surface area contributed by atoms with E-state index in [9.17, 15) is 0 Å². The molecule has 0 spiro atoms. The predicted molar refractivity (Wildman–Crippen MR) is 289 cm³/mol. The molecule has 0 atom stereocenters. The maximum atomic E-state index is 4.93. The van der Waals surface area contributed by atoms with Crippen LogP contribution in [0.25, 0.3) is 88.3 Å². The fourth-order valence-corrected chi connectivity index (χ4v) is 8.98. The maximum absolute atomic E-state index is 4.93. The number of rotatable bonds is 10. The van der Waals surface area contributed by atoms with Gasteiger partial charge >= 0.3 is 37.9 Å². The first-order chi connectivity index (χ1) is 32.5. The number of hydrogen-bond donors (Lipinski definition) is 0. The van der Waals surface area contributed by atoms with E-state index in [4.69, 9.17) is 17.0 Å². The van der Waals surface area contributed by atoms with Crippen molar-refractivity contribution in [3.05, 3.63) is 230 Å². The molecule has 0 nitrogen and oxygen atoms in total. The van der Waals surface area contributed by atoms with Gasteiger partial charge in [0.2, 0.25) is 0 Å². The summed E-state index contributed by atoms with van der Waals surface area (Å²) in [5.41, 5.74) is 18.5. The van der Waals surface area contributed by atoms with E-state index >= 15 is 0 Å². The van der Waals surface area contributed by atoms with Crippen LogP contribution in [0.15, 0.2) is 218 Å². The van der Waals surface area contributed by atoms with E-state index in [0.29, 0.717) is 0 Å². The van der Waals surface area contributed by atoms with Crippen LogP contribution in [-0.2, 0) is 33.7 Å². The standard InChI is InChI=1S/2C30H25.C2H6Si.2ClH.Zr/c2*1-2-11-24-18-19-25-20-26(22-12-5-3-6-13-22)21-29(25)30(24)28-17-10-9-16-27(28)23-14-7-4-8-15-23;1-3-2;;;/h2*3-10,12-21H,2,11H2,1H3;1-2H3;2*1H;/q2*-1;;;;+4/p-2. The van der Waals surface area contributed by atoms with Crippen LogP contribution in [0.4, 0.5) is 0 Å². The summed E-state index contributed by atoms with van der Waals surface area (Å²) in [6, 6.07) is 79.2. The molecule has 66 heavy (non-hydrogen) atoms. The molecule has 0 N–H and O–H groups in total. The average Bonchev–Trinajstić information content (AvgIpc) is 4.02. The van der Waals surface area contributed by atoms with Gasteiger partial charge in [-0.25, -0.2) is 0 Å². The molecule has 0 heterocycles. The van der Waals surface area contributed by atoms with Crippen molar-refractivity contribution in [2.24, 2.45) is 0 Å². The van der Waals surface area contributed by atoms with Gasteiger partial charge in [0, 0.05) is 9.52 Å². The van der Waals surface area contributed by atoms with E-state index in [0.717, 1.165) is 35.2 Å². The zero-order valence-electron chi connectivity index (χ0n) is 38.4. The molecule has 10 rings (SSSR count).